The smallest absolute Gasteiger partial charge is 0.138 e. The molecule has 0 amide bonds. The first kappa shape index (κ1) is 14.6. The largest absolute Gasteiger partial charge is 0.385 e. The molecule has 2 aromatic rings. The Morgan fingerprint density at radius 3 is 2.50 bits per heavy atom. The molecule has 1 aromatic heterocycles. The summed E-state index contributed by atoms with van der Waals surface area (Å²) < 4.78 is 28.2. The van der Waals surface area contributed by atoms with E-state index in [-0.39, 0.29) is 12.0 Å². The molecular weight excluding hydrogens is 264 g/mol. The molecule has 0 radical (unpaired) electrons. The van der Waals surface area contributed by atoms with Crippen LogP contribution in [-0.2, 0) is 18.6 Å². The van der Waals surface area contributed by atoms with E-state index in [0.717, 1.165) is 24.6 Å². The van der Waals surface area contributed by atoms with Crippen molar-refractivity contribution in [1.82, 2.24) is 14.8 Å². The van der Waals surface area contributed by atoms with Gasteiger partial charge in [0.05, 0.1) is 5.60 Å². The number of halogens is 2. The SMILES string of the molecule is CCCn1ncnc1CC(C)(O)c1cc(F)cc(F)c1. The van der Waals surface area contributed by atoms with Gasteiger partial charge < -0.3 is 5.11 Å². The standard InChI is InChI=1S/C14H17F2N3O/c1-3-4-19-13(17-9-18-19)8-14(2,20)10-5-11(15)7-12(16)6-10/h5-7,9,20H,3-4,8H2,1-2H3. The zero-order valence-electron chi connectivity index (χ0n) is 11.5. The third kappa shape index (κ3) is 3.19. The Labute approximate surface area is 116 Å². The third-order valence-corrected chi connectivity index (χ3v) is 3.12. The Bertz CT molecular complexity index is 576. The lowest BCUT2D eigenvalue weighted by Gasteiger charge is -2.23. The average Bonchev–Trinajstić information content (AvgIpc) is 2.75. The molecule has 0 fully saturated rings. The van der Waals surface area contributed by atoms with E-state index in [2.05, 4.69) is 10.1 Å². The van der Waals surface area contributed by atoms with E-state index in [4.69, 9.17) is 0 Å². The van der Waals surface area contributed by atoms with Crippen molar-refractivity contribution in [1.29, 1.82) is 0 Å². The molecule has 0 aliphatic heterocycles. The van der Waals surface area contributed by atoms with Gasteiger partial charge in [0.2, 0.25) is 0 Å². The van der Waals surface area contributed by atoms with Gasteiger partial charge in [0.15, 0.2) is 0 Å². The van der Waals surface area contributed by atoms with E-state index in [1.165, 1.54) is 13.3 Å². The summed E-state index contributed by atoms with van der Waals surface area (Å²) >= 11 is 0. The summed E-state index contributed by atoms with van der Waals surface area (Å²) in [5.41, 5.74) is -1.23. The predicted molar refractivity (Wildman–Crippen MR) is 69.9 cm³/mol. The number of nitrogens with zero attached hydrogens (tertiary/aromatic N) is 3. The number of hydrogen-bond donors (Lipinski definition) is 1. The molecule has 0 aliphatic rings. The molecule has 0 bridgehead atoms. The summed E-state index contributed by atoms with van der Waals surface area (Å²) in [6.07, 6.45) is 2.43. The highest BCUT2D eigenvalue weighted by Gasteiger charge is 2.27. The van der Waals surface area contributed by atoms with Crippen LogP contribution in [0.1, 0.15) is 31.7 Å². The summed E-state index contributed by atoms with van der Waals surface area (Å²) in [5.74, 6) is -0.841. The monoisotopic (exact) mass is 281 g/mol. The average molecular weight is 281 g/mol. The number of aliphatic hydroxyl groups is 1. The molecule has 0 saturated heterocycles. The molecule has 0 spiro atoms. The van der Waals surface area contributed by atoms with Crippen molar-refractivity contribution in [2.45, 2.75) is 38.8 Å². The number of benzene rings is 1. The lowest BCUT2D eigenvalue weighted by atomic mass is 9.92. The second-order valence-corrected chi connectivity index (χ2v) is 5.01. The fourth-order valence-electron chi connectivity index (χ4n) is 2.10. The molecule has 108 valence electrons. The normalized spacial score (nSPS) is 14.2. The molecule has 1 aromatic carbocycles. The van der Waals surface area contributed by atoms with Gasteiger partial charge in [-0.1, -0.05) is 6.92 Å². The van der Waals surface area contributed by atoms with Crippen molar-refractivity contribution in [2.75, 3.05) is 0 Å². The van der Waals surface area contributed by atoms with Crippen LogP contribution in [0.3, 0.4) is 0 Å². The summed E-state index contributed by atoms with van der Waals surface area (Å²) in [7, 11) is 0. The second-order valence-electron chi connectivity index (χ2n) is 5.01. The minimum atomic E-state index is -1.42. The summed E-state index contributed by atoms with van der Waals surface area (Å²) in [6.45, 7) is 4.20. The first-order valence-electron chi connectivity index (χ1n) is 6.48. The summed E-state index contributed by atoms with van der Waals surface area (Å²) in [5, 5.41) is 14.5. The Morgan fingerprint density at radius 2 is 1.90 bits per heavy atom. The number of aryl methyl sites for hydroxylation is 1. The molecular formula is C14H17F2N3O. The number of aromatic nitrogens is 3. The molecule has 0 saturated carbocycles. The Balaban J connectivity index is 2.27. The van der Waals surface area contributed by atoms with E-state index >= 15 is 0 Å². The van der Waals surface area contributed by atoms with Crippen LogP contribution in [0, 0.1) is 11.6 Å². The highest BCUT2D eigenvalue weighted by molar-refractivity contribution is 5.24. The fraction of sp³-hybridized carbons (Fsp3) is 0.429. The van der Waals surface area contributed by atoms with Gasteiger partial charge in [-0.25, -0.2) is 18.4 Å². The van der Waals surface area contributed by atoms with Crippen LogP contribution in [0.25, 0.3) is 0 Å². The maximum absolute atomic E-state index is 13.3. The quantitative estimate of drug-likeness (QED) is 0.915. The first-order chi connectivity index (χ1) is 9.42. The lowest BCUT2D eigenvalue weighted by Crippen LogP contribution is -2.27. The van der Waals surface area contributed by atoms with E-state index < -0.39 is 17.2 Å². The Kier molecular flexibility index (Phi) is 4.13. The molecule has 1 atom stereocenters. The van der Waals surface area contributed by atoms with E-state index in [0.29, 0.717) is 12.4 Å². The number of rotatable bonds is 5. The van der Waals surface area contributed by atoms with Crippen LogP contribution in [-0.4, -0.2) is 19.9 Å². The van der Waals surface area contributed by atoms with Gasteiger partial charge in [-0.15, -0.1) is 0 Å². The van der Waals surface area contributed by atoms with Gasteiger partial charge in [0.25, 0.3) is 0 Å². The molecule has 20 heavy (non-hydrogen) atoms. The third-order valence-electron chi connectivity index (χ3n) is 3.12. The van der Waals surface area contributed by atoms with Crippen LogP contribution in [0.15, 0.2) is 24.5 Å². The predicted octanol–water partition coefficient (Wildman–Crippen LogP) is 2.42. The van der Waals surface area contributed by atoms with Crippen LogP contribution in [0.4, 0.5) is 8.78 Å². The number of hydrogen-bond acceptors (Lipinski definition) is 3. The van der Waals surface area contributed by atoms with Crippen molar-refractivity contribution in [3.63, 3.8) is 0 Å². The van der Waals surface area contributed by atoms with Crippen LogP contribution in [0.5, 0.6) is 0 Å². The molecule has 1 unspecified atom stereocenters. The molecule has 1 heterocycles. The van der Waals surface area contributed by atoms with E-state index in [9.17, 15) is 13.9 Å². The summed E-state index contributed by atoms with van der Waals surface area (Å²) in [6, 6.07) is 3.03. The zero-order chi connectivity index (χ0) is 14.8. The first-order valence-corrected chi connectivity index (χ1v) is 6.48. The zero-order valence-corrected chi connectivity index (χ0v) is 11.5. The van der Waals surface area contributed by atoms with E-state index in [1.807, 2.05) is 6.92 Å². The van der Waals surface area contributed by atoms with Gasteiger partial charge in [-0.3, -0.25) is 0 Å². The van der Waals surface area contributed by atoms with Crippen molar-refractivity contribution < 1.29 is 13.9 Å². The minimum Gasteiger partial charge on any atom is -0.385 e. The van der Waals surface area contributed by atoms with Crippen LogP contribution < -0.4 is 0 Å². The van der Waals surface area contributed by atoms with Crippen molar-refractivity contribution in [3.8, 4) is 0 Å². The maximum Gasteiger partial charge on any atom is 0.138 e. The van der Waals surface area contributed by atoms with Crippen molar-refractivity contribution >= 4 is 0 Å². The minimum absolute atomic E-state index is 0.135. The van der Waals surface area contributed by atoms with Crippen molar-refractivity contribution in [2.24, 2.45) is 0 Å². The van der Waals surface area contributed by atoms with E-state index in [1.54, 1.807) is 4.68 Å². The van der Waals surface area contributed by atoms with Gasteiger partial charge in [0, 0.05) is 19.0 Å². The maximum atomic E-state index is 13.3. The van der Waals surface area contributed by atoms with Gasteiger partial charge in [0.1, 0.15) is 23.8 Å². The van der Waals surface area contributed by atoms with Gasteiger partial charge >= 0.3 is 0 Å². The molecule has 0 aliphatic carbocycles. The lowest BCUT2D eigenvalue weighted by molar-refractivity contribution is 0.0535. The van der Waals surface area contributed by atoms with Gasteiger partial charge in [-0.2, -0.15) is 5.10 Å². The van der Waals surface area contributed by atoms with Crippen LogP contribution >= 0.6 is 0 Å². The molecule has 4 nitrogen and oxygen atoms in total. The Hall–Kier alpha value is -1.82. The highest BCUT2D eigenvalue weighted by Crippen LogP contribution is 2.26. The molecule has 6 heteroatoms. The van der Waals surface area contributed by atoms with Crippen molar-refractivity contribution in [3.05, 3.63) is 47.5 Å². The molecule has 2 rings (SSSR count). The highest BCUT2D eigenvalue weighted by atomic mass is 19.1. The fourth-order valence-corrected chi connectivity index (χ4v) is 2.10. The van der Waals surface area contributed by atoms with Gasteiger partial charge in [-0.05, 0) is 31.0 Å². The van der Waals surface area contributed by atoms with Crippen LogP contribution in [0.2, 0.25) is 0 Å². The Morgan fingerprint density at radius 1 is 1.25 bits per heavy atom. The molecule has 1 N–H and O–H groups in total. The second kappa shape index (κ2) is 5.66. The topological polar surface area (TPSA) is 50.9 Å². The summed E-state index contributed by atoms with van der Waals surface area (Å²) in [4.78, 5) is 4.09.